The smallest absolute Gasteiger partial charge is 0.166 e. The Labute approximate surface area is 117 Å². The van der Waals surface area contributed by atoms with Crippen LogP contribution >= 0.6 is 0 Å². The first-order valence-corrected chi connectivity index (χ1v) is 6.45. The van der Waals surface area contributed by atoms with Crippen molar-refractivity contribution in [3.8, 4) is 11.5 Å². The van der Waals surface area contributed by atoms with E-state index in [9.17, 15) is 9.50 Å². The molecular formula is C16H17FO3. The molecule has 2 N–H and O–H groups in total. The summed E-state index contributed by atoms with van der Waals surface area (Å²) in [6.07, 6.45) is -0.131. The third-order valence-electron chi connectivity index (χ3n) is 2.99. The molecule has 20 heavy (non-hydrogen) atoms. The Balaban J connectivity index is 2.13. The van der Waals surface area contributed by atoms with Gasteiger partial charge in [-0.1, -0.05) is 18.2 Å². The zero-order valence-corrected chi connectivity index (χ0v) is 11.2. The van der Waals surface area contributed by atoms with Gasteiger partial charge < -0.3 is 14.9 Å². The second-order valence-corrected chi connectivity index (χ2v) is 4.59. The van der Waals surface area contributed by atoms with E-state index in [-0.39, 0.29) is 12.4 Å². The van der Waals surface area contributed by atoms with Gasteiger partial charge in [0, 0.05) is 6.61 Å². The lowest BCUT2D eigenvalue weighted by Crippen LogP contribution is -1.95. The van der Waals surface area contributed by atoms with Gasteiger partial charge in [0.15, 0.2) is 11.6 Å². The molecule has 2 aromatic rings. The van der Waals surface area contributed by atoms with Gasteiger partial charge in [0.05, 0.1) is 6.10 Å². The first-order valence-electron chi connectivity index (χ1n) is 6.45. The van der Waals surface area contributed by atoms with Crippen molar-refractivity contribution in [1.29, 1.82) is 0 Å². The fourth-order valence-electron chi connectivity index (χ4n) is 1.84. The highest BCUT2D eigenvalue weighted by Crippen LogP contribution is 2.27. The number of aliphatic hydroxyl groups excluding tert-OH is 2. The average molecular weight is 276 g/mol. The number of halogens is 1. The predicted octanol–water partition coefficient (Wildman–Crippen LogP) is 3.21. The Morgan fingerprint density at radius 3 is 2.40 bits per heavy atom. The van der Waals surface area contributed by atoms with Crippen LogP contribution in [0.4, 0.5) is 4.39 Å². The summed E-state index contributed by atoms with van der Waals surface area (Å²) in [6, 6.07) is 11.5. The van der Waals surface area contributed by atoms with Crippen molar-refractivity contribution in [2.75, 3.05) is 6.61 Å². The second kappa shape index (κ2) is 6.50. The normalized spacial score (nSPS) is 12.2. The quantitative estimate of drug-likeness (QED) is 0.881. The first kappa shape index (κ1) is 14.5. The zero-order chi connectivity index (χ0) is 14.5. The summed E-state index contributed by atoms with van der Waals surface area (Å²) in [6.45, 7) is 1.67. The summed E-state index contributed by atoms with van der Waals surface area (Å²) >= 11 is 0. The molecule has 0 aliphatic carbocycles. The van der Waals surface area contributed by atoms with E-state index in [4.69, 9.17) is 9.84 Å². The van der Waals surface area contributed by atoms with Crippen molar-refractivity contribution in [3.63, 3.8) is 0 Å². The van der Waals surface area contributed by atoms with Crippen LogP contribution in [-0.4, -0.2) is 16.8 Å². The van der Waals surface area contributed by atoms with E-state index in [2.05, 4.69) is 0 Å². The van der Waals surface area contributed by atoms with Gasteiger partial charge in [-0.3, -0.25) is 0 Å². The van der Waals surface area contributed by atoms with E-state index < -0.39 is 11.9 Å². The van der Waals surface area contributed by atoms with Crippen LogP contribution in [0.5, 0.6) is 11.5 Å². The Hall–Kier alpha value is -1.91. The topological polar surface area (TPSA) is 49.7 Å². The second-order valence-electron chi connectivity index (χ2n) is 4.59. The minimum atomic E-state index is -0.712. The maximum atomic E-state index is 13.8. The van der Waals surface area contributed by atoms with Gasteiger partial charge in [0.2, 0.25) is 0 Å². The molecule has 3 nitrogen and oxygen atoms in total. The molecule has 0 spiro atoms. The van der Waals surface area contributed by atoms with E-state index in [1.165, 1.54) is 12.1 Å². The number of hydrogen-bond acceptors (Lipinski definition) is 3. The maximum Gasteiger partial charge on any atom is 0.166 e. The molecule has 0 radical (unpaired) electrons. The van der Waals surface area contributed by atoms with Crippen molar-refractivity contribution >= 4 is 0 Å². The summed E-state index contributed by atoms with van der Waals surface area (Å²) in [5, 5.41) is 18.2. The fourth-order valence-corrected chi connectivity index (χ4v) is 1.84. The molecule has 0 aliphatic heterocycles. The van der Waals surface area contributed by atoms with Crippen LogP contribution in [0.2, 0.25) is 0 Å². The SMILES string of the molecule is C[C@@H](O)c1ccc(Oc2ccc(CCO)cc2)c(F)c1. The maximum absolute atomic E-state index is 13.8. The van der Waals surface area contributed by atoms with Crippen LogP contribution in [0.3, 0.4) is 0 Å². The van der Waals surface area contributed by atoms with Gasteiger partial charge in [-0.2, -0.15) is 0 Å². The van der Waals surface area contributed by atoms with E-state index in [0.29, 0.717) is 17.7 Å². The molecule has 1 atom stereocenters. The Kier molecular flexibility index (Phi) is 4.71. The third kappa shape index (κ3) is 3.56. The molecule has 0 saturated carbocycles. The Morgan fingerprint density at radius 2 is 1.85 bits per heavy atom. The summed E-state index contributed by atoms with van der Waals surface area (Å²) in [4.78, 5) is 0. The molecule has 0 aromatic heterocycles. The highest BCUT2D eigenvalue weighted by Gasteiger charge is 2.08. The standard InChI is InChI=1S/C16H17FO3/c1-11(19)13-4-7-16(15(17)10-13)20-14-5-2-12(3-6-14)8-9-18/h2-7,10-11,18-19H,8-9H2,1H3/t11-/m1/s1. The van der Waals surface area contributed by atoms with E-state index >= 15 is 0 Å². The van der Waals surface area contributed by atoms with Crippen molar-refractivity contribution < 1.29 is 19.3 Å². The summed E-state index contributed by atoms with van der Waals surface area (Å²) in [5.74, 6) is 0.127. The van der Waals surface area contributed by atoms with Gasteiger partial charge in [-0.15, -0.1) is 0 Å². The van der Waals surface area contributed by atoms with Crippen LogP contribution in [0, 0.1) is 5.82 Å². The van der Waals surface area contributed by atoms with Gasteiger partial charge in [-0.25, -0.2) is 4.39 Å². The first-order chi connectivity index (χ1) is 9.60. The van der Waals surface area contributed by atoms with Gasteiger partial charge in [0.1, 0.15) is 5.75 Å². The summed E-state index contributed by atoms with van der Waals surface area (Å²) in [7, 11) is 0. The summed E-state index contributed by atoms with van der Waals surface area (Å²) in [5.41, 5.74) is 1.50. The van der Waals surface area contributed by atoms with E-state index in [1.807, 2.05) is 12.1 Å². The minimum Gasteiger partial charge on any atom is -0.454 e. The molecule has 0 saturated heterocycles. The predicted molar refractivity (Wildman–Crippen MR) is 74.3 cm³/mol. The monoisotopic (exact) mass is 276 g/mol. The molecule has 0 bridgehead atoms. The summed E-state index contributed by atoms with van der Waals surface area (Å²) < 4.78 is 19.3. The van der Waals surface area contributed by atoms with Crippen molar-refractivity contribution in [1.82, 2.24) is 0 Å². The largest absolute Gasteiger partial charge is 0.454 e. The molecule has 106 valence electrons. The third-order valence-corrected chi connectivity index (χ3v) is 2.99. The highest BCUT2D eigenvalue weighted by molar-refractivity contribution is 5.36. The number of aliphatic hydroxyl groups is 2. The van der Waals surface area contributed by atoms with Gasteiger partial charge in [0.25, 0.3) is 0 Å². The highest BCUT2D eigenvalue weighted by atomic mass is 19.1. The van der Waals surface area contributed by atoms with Crippen LogP contribution in [0.25, 0.3) is 0 Å². The zero-order valence-electron chi connectivity index (χ0n) is 11.2. The Bertz CT molecular complexity index is 564. The number of rotatable bonds is 5. The lowest BCUT2D eigenvalue weighted by atomic mass is 10.1. The molecule has 0 aliphatic rings. The van der Waals surface area contributed by atoms with Crippen molar-refractivity contribution in [3.05, 3.63) is 59.4 Å². The lowest BCUT2D eigenvalue weighted by molar-refractivity contribution is 0.198. The molecule has 0 unspecified atom stereocenters. The molecular weight excluding hydrogens is 259 g/mol. The molecule has 2 aromatic carbocycles. The van der Waals surface area contributed by atoms with Crippen molar-refractivity contribution in [2.45, 2.75) is 19.4 Å². The molecule has 4 heteroatoms. The minimum absolute atomic E-state index is 0.0929. The van der Waals surface area contributed by atoms with E-state index in [1.54, 1.807) is 25.1 Å². The average Bonchev–Trinajstić information content (AvgIpc) is 2.43. The molecule has 2 rings (SSSR count). The number of ether oxygens (including phenoxy) is 1. The van der Waals surface area contributed by atoms with Crippen LogP contribution in [0.15, 0.2) is 42.5 Å². The number of benzene rings is 2. The van der Waals surface area contributed by atoms with E-state index in [0.717, 1.165) is 5.56 Å². The van der Waals surface area contributed by atoms with Crippen LogP contribution in [-0.2, 0) is 6.42 Å². The molecule has 0 heterocycles. The fraction of sp³-hybridized carbons (Fsp3) is 0.250. The molecule has 0 fully saturated rings. The van der Waals surface area contributed by atoms with Crippen LogP contribution in [0.1, 0.15) is 24.2 Å². The number of hydrogen-bond donors (Lipinski definition) is 2. The van der Waals surface area contributed by atoms with Gasteiger partial charge in [-0.05, 0) is 48.7 Å². The van der Waals surface area contributed by atoms with Gasteiger partial charge >= 0.3 is 0 Å². The van der Waals surface area contributed by atoms with Crippen molar-refractivity contribution in [2.24, 2.45) is 0 Å². The lowest BCUT2D eigenvalue weighted by Gasteiger charge is -2.10. The molecule has 0 amide bonds. The van der Waals surface area contributed by atoms with Crippen LogP contribution < -0.4 is 4.74 Å². The Morgan fingerprint density at radius 1 is 1.15 bits per heavy atom.